The van der Waals surface area contributed by atoms with E-state index in [0.717, 1.165) is 5.56 Å². The molecule has 5 heteroatoms. The zero-order chi connectivity index (χ0) is 15.5. The molecular formula is C16H19ClN2O2. The Kier molecular flexibility index (Phi) is 4.87. The summed E-state index contributed by atoms with van der Waals surface area (Å²) in [6.07, 6.45) is 0.907. The van der Waals surface area contributed by atoms with Crippen LogP contribution >= 0.6 is 11.6 Å². The van der Waals surface area contributed by atoms with E-state index >= 15 is 0 Å². The number of carbonyl (C=O) groups excluding carboxylic acids is 1. The van der Waals surface area contributed by atoms with Crippen molar-refractivity contribution in [1.82, 2.24) is 4.90 Å². The summed E-state index contributed by atoms with van der Waals surface area (Å²) in [5.41, 5.74) is -0.00155. The van der Waals surface area contributed by atoms with Gasteiger partial charge in [-0.05, 0) is 37.5 Å². The molecule has 0 saturated carbocycles. The maximum atomic E-state index is 12.8. The molecule has 0 aromatic heterocycles. The molecule has 112 valence electrons. The van der Waals surface area contributed by atoms with Gasteiger partial charge in [-0.2, -0.15) is 5.26 Å². The molecule has 1 heterocycles. The number of amides is 1. The maximum absolute atomic E-state index is 12.8. The average molecular weight is 307 g/mol. The lowest BCUT2D eigenvalue weighted by Gasteiger charge is -2.35. The highest BCUT2D eigenvalue weighted by molar-refractivity contribution is 6.30. The molecule has 1 aromatic carbocycles. The van der Waals surface area contributed by atoms with E-state index in [0.29, 0.717) is 31.1 Å². The molecule has 1 aliphatic rings. The van der Waals surface area contributed by atoms with Gasteiger partial charge in [0.1, 0.15) is 5.41 Å². The molecule has 1 amide bonds. The van der Waals surface area contributed by atoms with Gasteiger partial charge in [-0.25, -0.2) is 0 Å². The summed E-state index contributed by atoms with van der Waals surface area (Å²) in [5.74, 6) is -0.138. The zero-order valence-electron chi connectivity index (χ0n) is 12.3. The maximum Gasteiger partial charge on any atom is 0.243 e. The molecule has 1 atom stereocenters. The second kappa shape index (κ2) is 6.46. The Hall–Kier alpha value is -1.57. The van der Waals surface area contributed by atoms with Crippen molar-refractivity contribution in [2.45, 2.75) is 25.8 Å². The molecule has 0 N–H and O–H groups in total. The third-order valence-corrected chi connectivity index (χ3v) is 4.44. The first-order valence-electron chi connectivity index (χ1n) is 7.02. The highest BCUT2D eigenvalue weighted by atomic mass is 35.5. The van der Waals surface area contributed by atoms with Crippen LogP contribution in [-0.4, -0.2) is 31.1 Å². The topological polar surface area (TPSA) is 53.3 Å². The number of nitrogens with zero attached hydrogens (tertiary/aromatic N) is 2. The van der Waals surface area contributed by atoms with Crippen LogP contribution in [0, 0.1) is 16.7 Å². The van der Waals surface area contributed by atoms with Crippen LogP contribution < -0.4 is 0 Å². The van der Waals surface area contributed by atoms with E-state index in [4.69, 9.17) is 16.3 Å². The Balaban J connectivity index is 2.20. The second-order valence-corrected chi connectivity index (χ2v) is 5.89. The van der Waals surface area contributed by atoms with E-state index in [1.165, 1.54) is 0 Å². The standard InChI is InChI=1S/C16H19ClN2O2/c1-12(13-4-3-5-14(17)10-13)19(2)15(20)16(11-18)6-8-21-9-7-16/h3-5,10,12H,6-9H2,1-2H3. The fourth-order valence-corrected chi connectivity index (χ4v) is 2.80. The van der Waals surface area contributed by atoms with Crippen molar-refractivity contribution >= 4 is 17.5 Å². The molecular weight excluding hydrogens is 288 g/mol. The van der Waals surface area contributed by atoms with Gasteiger partial charge in [0.2, 0.25) is 5.91 Å². The Morgan fingerprint density at radius 2 is 2.14 bits per heavy atom. The van der Waals surface area contributed by atoms with Crippen LogP contribution in [0.3, 0.4) is 0 Å². The Morgan fingerprint density at radius 3 is 2.71 bits per heavy atom. The van der Waals surface area contributed by atoms with Crippen LogP contribution in [0.4, 0.5) is 0 Å². The lowest BCUT2D eigenvalue weighted by molar-refractivity contribution is -0.144. The van der Waals surface area contributed by atoms with Gasteiger partial charge in [0.15, 0.2) is 0 Å². The molecule has 21 heavy (non-hydrogen) atoms. The molecule has 1 fully saturated rings. The molecule has 1 aliphatic heterocycles. The van der Waals surface area contributed by atoms with Crippen LogP contribution in [0.2, 0.25) is 5.02 Å². The van der Waals surface area contributed by atoms with Crippen LogP contribution in [0.15, 0.2) is 24.3 Å². The van der Waals surface area contributed by atoms with Gasteiger partial charge in [0, 0.05) is 25.3 Å². The van der Waals surface area contributed by atoms with E-state index in [1.807, 2.05) is 25.1 Å². The van der Waals surface area contributed by atoms with Gasteiger partial charge in [0.05, 0.1) is 12.1 Å². The van der Waals surface area contributed by atoms with Crippen molar-refractivity contribution in [3.8, 4) is 6.07 Å². The minimum atomic E-state index is -0.958. The van der Waals surface area contributed by atoms with Crippen molar-refractivity contribution in [3.05, 3.63) is 34.9 Å². The number of hydrogen-bond acceptors (Lipinski definition) is 3. The van der Waals surface area contributed by atoms with E-state index < -0.39 is 5.41 Å². The molecule has 1 saturated heterocycles. The summed E-state index contributed by atoms with van der Waals surface area (Å²) in [7, 11) is 1.74. The summed E-state index contributed by atoms with van der Waals surface area (Å²) < 4.78 is 5.28. The Bertz CT molecular complexity index is 562. The van der Waals surface area contributed by atoms with Gasteiger partial charge < -0.3 is 9.64 Å². The molecule has 1 unspecified atom stereocenters. The number of ether oxygens (including phenoxy) is 1. The zero-order valence-corrected chi connectivity index (χ0v) is 13.1. The van der Waals surface area contributed by atoms with Crippen molar-refractivity contribution in [1.29, 1.82) is 5.26 Å². The second-order valence-electron chi connectivity index (χ2n) is 5.45. The molecule has 0 aliphatic carbocycles. The Labute approximate surface area is 130 Å². The van der Waals surface area contributed by atoms with Crippen molar-refractivity contribution in [2.75, 3.05) is 20.3 Å². The predicted molar refractivity (Wildman–Crippen MR) is 80.7 cm³/mol. The monoisotopic (exact) mass is 306 g/mol. The lowest BCUT2D eigenvalue weighted by atomic mass is 9.80. The summed E-state index contributed by atoms with van der Waals surface area (Å²) in [5, 5.41) is 10.1. The Morgan fingerprint density at radius 1 is 1.48 bits per heavy atom. The van der Waals surface area contributed by atoms with Crippen molar-refractivity contribution in [2.24, 2.45) is 5.41 Å². The van der Waals surface area contributed by atoms with Crippen LogP contribution in [0.25, 0.3) is 0 Å². The number of benzene rings is 1. The van der Waals surface area contributed by atoms with E-state index in [1.54, 1.807) is 18.0 Å². The van der Waals surface area contributed by atoms with Gasteiger partial charge in [-0.1, -0.05) is 23.7 Å². The summed E-state index contributed by atoms with van der Waals surface area (Å²) in [4.78, 5) is 14.4. The van der Waals surface area contributed by atoms with Crippen LogP contribution in [-0.2, 0) is 9.53 Å². The quantitative estimate of drug-likeness (QED) is 0.862. The normalized spacial score (nSPS) is 18.6. The number of hydrogen-bond donors (Lipinski definition) is 0. The van der Waals surface area contributed by atoms with Crippen molar-refractivity contribution < 1.29 is 9.53 Å². The molecule has 4 nitrogen and oxygen atoms in total. The third kappa shape index (κ3) is 3.20. The average Bonchev–Trinajstić information content (AvgIpc) is 2.53. The van der Waals surface area contributed by atoms with Gasteiger partial charge in [0.25, 0.3) is 0 Å². The van der Waals surface area contributed by atoms with Crippen molar-refractivity contribution in [3.63, 3.8) is 0 Å². The largest absolute Gasteiger partial charge is 0.381 e. The first-order valence-corrected chi connectivity index (χ1v) is 7.40. The summed E-state index contributed by atoms with van der Waals surface area (Å²) in [6.45, 7) is 2.85. The molecule has 0 spiro atoms. The highest BCUT2D eigenvalue weighted by Gasteiger charge is 2.43. The molecule has 0 bridgehead atoms. The summed E-state index contributed by atoms with van der Waals surface area (Å²) >= 11 is 6.00. The highest BCUT2D eigenvalue weighted by Crippen LogP contribution is 2.34. The van der Waals surface area contributed by atoms with Crippen LogP contribution in [0.5, 0.6) is 0 Å². The van der Waals surface area contributed by atoms with Gasteiger partial charge in [-0.3, -0.25) is 4.79 Å². The fraction of sp³-hybridized carbons (Fsp3) is 0.500. The minimum Gasteiger partial charge on any atom is -0.381 e. The third-order valence-electron chi connectivity index (χ3n) is 4.20. The number of nitriles is 1. The van der Waals surface area contributed by atoms with Gasteiger partial charge in [-0.15, -0.1) is 0 Å². The predicted octanol–water partition coefficient (Wildman–Crippen LogP) is 3.18. The van der Waals surface area contributed by atoms with E-state index in [2.05, 4.69) is 6.07 Å². The first-order chi connectivity index (χ1) is 10.00. The first kappa shape index (κ1) is 15.8. The number of halogens is 1. The lowest BCUT2D eigenvalue weighted by Crippen LogP contribution is -2.45. The number of carbonyl (C=O) groups is 1. The minimum absolute atomic E-state index is 0.135. The smallest absolute Gasteiger partial charge is 0.243 e. The molecule has 0 radical (unpaired) electrons. The van der Waals surface area contributed by atoms with E-state index in [9.17, 15) is 10.1 Å². The summed E-state index contributed by atoms with van der Waals surface area (Å²) in [6, 6.07) is 9.53. The molecule has 1 aromatic rings. The molecule has 2 rings (SSSR count). The SMILES string of the molecule is CC(c1cccc(Cl)c1)N(C)C(=O)C1(C#N)CCOCC1. The number of rotatable bonds is 3. The van der Waals surface area contributed by atoms with Gasteiger partial charge >= 0.3 is 0 Å². The van der Waals surface area contributed by atoms with Crippen LogP contribution in [0.1, 0.15) is 31.4 Å². The fourth-order valence-electron chi connectivity index (χ4n) is 2.60. The van der Waals surface area contributed by atoms with E-state index in [-0.39, 0.29) is 11.9 Å².